The summed E-state index contributed by atoms with van der Waals surface area (Å²) in [5.41, 5.74) is 5.56. The standard InChI is InChI=1S/C9H19NO.C9H7N.CH5N/c1-4-10(5-2)8-6-7-9(3)11;1-2-6-9-8(4-1)5-3-7-10-9;1-2/h4-8H2,1-3H3;1-7H;2H2,1H3. The van der Waals surface area contributed by atoms with Crippen LogP contribution in [-0.4, -0.2) is 42.3 Å². The molecule has 4 nitrogen and oxygen atoms in total. The van der Waals surface area contributed by atoms with Crippen molar-refractivity contribution in [3.8, 4) is 0 Å². The highest BCUT2D eigenvalue weighted by Gasteiger charge is 1.99. The minimum atomic E-state index is 0.303. The molecule has 0 aliphatic carbocycles. The molecule has 2 aromatic rings. The number of benzene rings is 1. The third-order valence-electron chi connectivity index (χ3n) is 3.41. The van der Waals surface area contributed by atoms with Crippen LogP contribution in [0.15, 0.2) is 42.6 Å². The fraction of sp³-hybridized carbons (Fsp3) is 0.474. The van der Waals surface area contributed by atoms with Crippen molar-refractivity contribution in [2.45, 2.75) is 33.6 Å². The summed E-state index contributed by atoms with van der Waals surface area (Å²) in [6.07, 6.45) is 3.55. The van der Waals surface area contributed by atoms with E-state index in [-0.39, 0.29) is 0 Å². The summed E-state index contributed by atoms with van der Waals surface area (Å²) in [6.45, 7) is 9.20. The monoisotopic (exact) mass is 317 g/mol. The number of nitrogens with zero attached hydrogens (tertiary/aromatic N) is 2. The lowest BCUT2D eigenvalue weighted by Gasteiger charge is -2.16. The Morgan fingerprint density at radius 1 is 1.09 bits per heavy atom. The Hall–Kier alpha value is -1.78. The maximum atomic E-state index is 10.6. The predicted molar refractivity (Wildman–Crippen MR) is 99.6 cm³/mol. The summed E-state index contributed by atoms with van der Waals surface area (Å²) in [5, 5.41) is 1.20. The molecule has 0 unspecified atom stereocenters. The van der Waals surface area contributed by atoms with Crippen molar-refractivity contribution in [1.82, 2.24) is 9.88 Å². The Kier molecular flexibility index (Phi) is 12.8. The third-order valence-corrected chi connectivity index (χ3v) is 3.41. The zero-order valence-electron chi connectivity index (χ0n) is 15.0. The summed E-state index contributed by atoms with van der Waals surface area (Å²) in [4.78, 5) is 17.1. The number of carbonyl (C=O) groups is 1. The molecule has 23 heavy (non-hydrogen) atoms. The van der Waals surface area contributed by atoms with Crippen LogP contribution in [0, 0.1) is 0 Å². The maximum absolute atomic E-state index is 10.6. The topological polar surface area (TPSA) is 59.2 Å². The fourth-order valence-corrected chi connectivity index (χ4v) is 2.11. The quantitative estimate of drug-likeness (QED) is 0.886. The van der Waals surface area contributed by atoms with Gasteiger partial charge in [0.05, 0.1) is 5.52 Å². The van der Waals surface area contributed by atoms with E-state index in [0.717, 1.165) is 38.0 Å². The van der Waals surface area contributed by atoms with Gasteiger partial charge in [-0.15, -0.1) is 0 Å². The SMILES string of the molecule is CCN(CC)CCCC(C)=O.CN.c1ccc2ncccc2c1. The summed E-state index contributed by atoms with van der Waals surface area (Å²) in [6, 6.07) is 12.1. The van der Waals surface area contributed by atoms with Crippen LogP contribution < -0.4 is 5.73 Å². The molecule has 1 aromatic heterocycles. The van der Waals surface area contributed by atoms with Gasteiger partial charge < -0.3 is 15.4 Å². The molecule has 128 valence electrons. The summed E-state index contributed by atoms with van der Waals surface area (Å²) < 4.78 is 0. The van der Waals surface area contributed by atoms with Gasteiger partial charge in [0.1, 0.15) is 5.78 Å². The lowest BCUT2D eigenvalue weighted by Crippen LogP contribution is -2.24. The summed E-state index contributed by atoms with van der Waals surface area (Å²) in [5.74, 6) is 0.303. The third kappa shape index (κ3) is 9.76. The predicted octanol–water partition coefficient (Wildman–Crippen LogP) is 3.51. The molecule has 0 spiro atoms. The van der Waals surface area contributed by atoms with Crippen molar-refractivity contribution in [2.75, 3.05) is 26.7 Å². The second-order valence-corrected chi connectivity index (χ2v) is 5.03. The minimum Gasteiger partial charge on any atom is -0.333 e. The van der Waals surface area contributed by atoms with Crippen LogP contribution in [0.4, 0.5) is 0 Å². The molecule has 0 aliphatic heterocycles. The summed E-state index contributed by atoms with van der Waals surface area (Å²) >= 11 is 0. The van der Waals surface area contributed by atoms with Crippen LogP contribution in [-0.2, 0) is 4.79 Å². The van der Waals surface area contributed by atoms with Gasteiger partial charge in [0.2, 0.25) is 0 Å². The zero-order valence-corrected chi connectivity index (χ0v) is 15.0. The number of fused-ring (bicyclic) bond motifs is 1. The average molecular weight is 317 g/mol. The molecule has 1 heterocycles. The van der Waals surface area contributed by atoms with E-state index in [1.807, 2.05) is 30.5 Å². The van der Waals surface area contributed by atoms with Crippen LogP contribution in [0.1, 0.15) is 33.6 Å². The van der Waals surface area contributed by atoms with Crippen LogP contribution in [0.25, 0.3) is 10.9 Å². The van der Waals surface area contributed by atoms with Crippen molar-refractivity contribution in [1.29, 1.82) is 0 Å². The minimum absolute atomic E-state index is 0.303. The molecular formula is C19H31N3O. The van der Waals surface area contributed by atoms with Gasteiger partial charge in [0.25, 0.3) is 0 Å². The molecule has 0 fully saturated rings. The molecule has 0 amide bonds. The van der Waals surface area contributed by atoms with Crippen LogP contribution in [0.2, 0.25) is 0 Å². The molecule has 0 radical (unpaired) electrons. The number of carbonyl (C=O) groups excluding carboxylic acids is 1. The van der Waals surface area contributed by atoms with Gasteiger partial charge in [-0.3, -0.25) is 4.98 Å². The van der Waals surface area contributed by atoms with Crippen molar-refractivity contribution in [3.05, 3.63) is 42.6 Å². The Bertz CT molecular complexity index is 473. The molecule has 4 heteroatoms. The highest BCUT2D eigenvalue weighted by molar-refractivity contribution is 5.77. The highest BCUT2D eigenvalue weighted by atomic mass is 16.1. The van der Waals surface area contributed by atoms with E-state index >= 15 is 0 Å². The first kappa shape index (κ1) is 21.2. The smallest absolute Gasteiger partial charge is 0.129 e. The Labute approximate surface area is 140 Å². The number of pyridine rings is 1. The first-order valence-corrected chi connectivity index (χ1v) is 8.26. The van der Waals surface area contributed by atoms with E-state index < -0.39 is 0 Å². The van der Waals surface area contributed by atoms with E-state index in [1.165, 1.54) is 12.4 Å². The highest BCUT2D eigenvalue weighted by Crippen LogP contribution is 2.07. The van der Waals surface area contributed by atoms with E-state index in [4.69, 9.17) is 0 Å². The van der Waals surface area contributed by atoms with E-state index in [9.17, 15) is 4.79 Å². The van der Waals surface area contributed by atoms with Gasteiger partial charge in [-0.1, -0.05) is 38.1 Å². The number of ketones is 1. The van der Waals surface area contributed by atoms with Crippen molar-refractivity contribution in [2.24, 2.45) is 5.73 Å². The summed E-state index contributed by atoms with van der Waals surface area (Å²) in [7, 11) is 1.50. The average Bonchev–Trinajstić information content (AvgIpc) is 2.61. The number of para-hydroxylation sites is 1. The Balaban J connectivity index is 0.000000380. The first-order valence-electron chi connectivity index (χ1n) is 8.26. The largest absolute Gasteiger partial charge is 0.333 e. The lowest BCUT2D eigenvalue weighted by molar-refractivity contribution is -0.117. The maximum Gasteiger partial charge on any atom is 0.129 e. The second-order valence-electron chi connectivity index (χ2n) is 5.03. The molecule has 1 aromatic carbocycles. The normalized spacial score (nSPS) is 9.65. The first-order chi connectivity index (χ1) is 11.2. The molecule has 0 bridgehead atoms. The number of rotatable bonds is 6. The number of hydrogen-bond donors (Lipinski definition) is 1. The molecule has 0 aliphatic rings. The Morgan fingerprint density at radius 2 is 1.70 bits per heavy atom. The number of hydrogen-bond acceptors (Lipinski definition) is 4. The van der Waals surface area contributed by atoms with Gasteiger partial charge in [-0.25, -0.2) is 0 Å². The van der Waals surface area contributed by atoms with Gasteiger partial charge >= 0.3 is 0 Å². The number of aromatic nitrogens is 1. The van der Waals surface area contributed by atoms with Gasteiger partial charge in [-0.2, -0.15) is 0 Å². The molecule has 0 atom stereocenters. The number of Topliss-reactive ketones (excluding diaryl/α,β-unsaturated/α-hetero) is 1. The zero-order chi connectivity index (χ0) is 17.5. The van der Waals surface area contributed by atoms with Crippen LogP contribution in [0.5, 0.6) is 0 Å². The second kappa shape index (κ2) is 13.9. The fourth-order valence-electron chi connectivity index (χ4n) is 2.11. The lowest BCUT2D eigenvalue weighted by atomic mass is 10.2. The molecule has 0 saturated carbocycles. The number of nitrogens with two attached hydrogens (primary N) is 1. The van der Waals surface area contributed by atoms with E-state index in [1.54, 1.807) is 6.92 Å². The molecule has 2 N–H and O–H groups in total. The van der Waals surface area contributed by atoms with Gasteiger partial charge in [0, 0.05) is 18.0 Å². The van der Waals surface area contributed by atoms with Crippen molar-refractivity contribution in [3.63, 3.8) is 0 Å². The van der Waals surface area contributed by atoms with E-state index in [0.29, 0.717) is 5.78 Å². The van der Waals surface area contributed by atoms with Crippen LogP contribution >= 0.6 is 0 Å². The van der Waals surface area contributed by atoms with E-state index in [2.05, 4.69) is 41.6 Å². The van der Waals surface area contributed by atoms with Gasteiger partial charge in [-0.05, 0) is 52.2 Å². The van der Waals surface area contributed by atoms with Crippen LogP contribution in [0.3, 0.4) is 0 Å². The van der Waals surface area contributed by atoms with Crippen molar-refractivity contribution >= 4 is 16.7 Å². The molecular weight excluding hydrogens is 286 g/mol. The Morgan fingerprint density at radius 3 is 2.26 bits per heavy atom. The van der Waals surface area contributed by atoms with Crippen molar-refractivity contribution < 1.29 is 4.79 Å². The molecule has 2 rings (SSSR count). The molecule has 0 saturated heterocycles. The van der Waals surface area contributed by atoms with Gasteiger partial charge in [0.15, 0.2) is 0 Å².